The molecule has 0 fully saturated rings. The Hall–Kier alpha value is -2.34. The number of carbonyl (C=O) groups is 2. The minimum atomic E-state index is -0.837. The van der Waals surface area contributed by atoms with Gasteiger partial charge < -0.3 is 20.2 Å². The van der Waals surface area contributed by atoms with Crippen LogP contribution in [0.25, 0.3) is 0 Å². The van der Waals surface area contributed by atoms with E-state index in [0.717, 1.165) is 0 Å². The van der Waals surface area contributed by atoms with Gasteiger partial charge in [0.05, 0.1) is 11.6 Å². The lowest BCUT2D eigenvalue weighted by molar-refractivity contribution is -0.129. The van der Waals surface area contributed by atoms with Crippen LogP contribution in [0.5, 0.6) is 5.75 Å². The Morgan fingerprint density at radius 3 is 2.50 bits per heavy atom. The average molecular weight is 333 g/mol. The standard InChI is InChI=1S/C18H23NO5/c1-11(2)10-14(22)15-16(12-6-3-4-7-13(12)21)19(8-5-9-20)18(24)17(15)23/h3-4,6-7,11,16,20-21,23H,5,8-10H2,1-2H3. The summed E-state index contributed by atoms with van der Waals surface area (Å²) in [5.74, 6) is -1.50. The predicted molar refractivity (Wildman–Crippen MR) is 88.4 cm³/mol. The molecule has 6 heteroatoms. The average Bonchev–Trinajstić information content (AvgIpc) is 2.77. The van der Waals surface area contributed by atoms with Crippen molar-refractivity contribution in [2.75, 3.05) is 13.2 Å². The van der Waals surface area contributed by atoms with Crippen LogP contribution in [-0.2, 0) is 9.59 Å². The van der Waals surface area contributed by atoms with Crippen molar-refractivity contribution in [1.82, 2.24) is 4.90 Å². The number of carbonyl (C=O) groups excluding carboxylic acids is 2. The molecule has 0 spiro atoms. The zero-order valence-corrected chi connectivity index (χ0v) is 13.9. The third kappa shape index (κ3) is 3.43. The normalized spacial score (nSPS) is 17.9. The summed E-state index contributed by atoms with van der Waals surface area (Å²) in [6, 6.07) is 5.61. The maximum Gasteiger partial charge on any atom is 0.290 e. The number of benzene rings is 1. The van der Waals surface area contributed by atoms with Gasteiger partial charge in [-0.1, -0.05) is 32.0 Å². The summed E-state index contributed by atoms with van der Waals surface area (Å²) in [5.41, 5.74) is 0.410. The highest BCUT2D eigenvalue weighted by molar-refractivity contribution is 6.09. The number of phenolic OH excluding ortho intramolecular Hbond substituents is 1. The van der Waals surface area contributed by atoms with Crippen LogP contribution in [0.15, 0.2) is 35.6 Å². The van der Waals surface area contributed by atoms with E-state index in [0.29, 0.717) is 12.0 Å². The fraction of sp³-hybridized carbons (Fsp3) is 0.444. The lowest BCUT2D eigenvalue weighted by Gasteiger charge is -2.27. The SMILES string of the molecule is CC(C)CC(=O)C1=C(O)C(=O)N(CCCO)C1c1ccccc1O. The van der Waals surface area contributed by atoms with Crippen LogP contribution in [0.3, 0.4) is 0 Å². The van der Waals surface area contributed by atoms with Gasteiger partial charge in [-0.2, -0.15) is 0 Å². The molecule has 0 radical (unpaired) electrons. The summed E-state index contributed by atoms with van der Waals surface area (Å²) in [4.78, 5) is 26.3. The van der Waals surface area contributed by atoms with Gasteiger partial charge in [0, 0.05) is 25.1 Å². The van der Waals surface area contributed by atoms with Gasteiger partial charge in [0.25, 0.3) is 5.91 Å². The monoisotopic (exact) mass is 333 g/mol. The molecule has 1 amide bonds. The second-order valence-electron chi connectivity index (χ2n) is 6.32. The van der Waals surface area contributed by atoms with Crippen molar-refractivity contribution in [2.45, 2.75) is 32.7 Å². The minimum absolute atomic E-state index is 0.0214. The molecule has 1 aromatic carbocycles. The highest BCUT2D eigenvalue weighted by Gasteiger charge is 2.43. The maximum absolute atomic E-state index is 12.6. The second kappa shape index (κ2) is 7.49. The summed E-state index contributed by atoms with van der Waals surface area (Å²) >= 11 is 0. The van der Waals surface area contributed by atoms with Crippen molar-refractivity contribution in [3.8, 4) is 5.75 Å². The van der Waals surface area contributed by atoms with E-state index in [2.05, 4.69) is 0 Å². The van der Waals surface area contributed by atoms with Gasteiger partial charge in [-0.3, -0.25) is 9.59 Å². The predicted octanol–water partition coefficient (Wildman–Crippen LogP) is 2.09. The summed E-state index contributed by atoms with van der Waals surface area (Å²) in [6.45, 7) is 3.82. The van der Waals surface area contributed by atoms with Crippen LogP contribution < -0.4 is 0 Å². The summed E-state index contributed by atoms with van der Waals surface area (Å²) in [7, 11) is 0. The highest BCUT2D eigenvalue weighted by atomic mass is 16.3. The zero-order valence-electron chi connectivity index (χ0n) is 13.9. The molecule has 1 aromatic rings. The number of aliphatic hydroxyl groups excluding tert-OH is 2. The zero-order chi connectivity index (χ0) is 17.9. The van der Waals surface area contributed by atoms with Crippen LogP contribution >= 0.6 is 0 Å². The van der Waals surface area contributed by atoms with Crippen LogP contribution in [0.4, 0.5) is 0 Å². The molecule has 0 saturated carbocycles. The van der Waals surface area contributed by atoms with Crippen molar-refractivity contribution >= 4 is 11.7 Å². The van der Waals surface area contributed by atoms with Crippen molar-refractivity contribution in [3.05, 3.63) is 41.2 Å². The fourth-order valence-electron chi connectivity index (χ4n) is 2.93. The van der Waals surface area contributed by atoms with Crippen LogP contribution in [0.2, 0.25) is 0 Å². The van der Waals surface area contributed by atoms with E-state index in [9.17, 15) is 19.8 Å². The number of para-hydroxylation sites is 1. The summed E-state index contributed by atoms with van der Waals surface area (Å²) in [5, 5.41) is 29.5. The van der Waals surface area contributed by atoms with E-state index in [4.69, 9.17) is 5.11 Å². The Bertz CT molecular complexity index is 665. The molecule has 1 atom stereocenters. The summed E-state index contributed by atoms with van der Waals surface area (Å²) in [6.07, 6.45) is 0.513. The number of amides is 1. The first-order chi connectivity index (χ1) is 11.4. The van der Waals surface area contributed by atoms with Crippen LogP contribution in [0, 0.1) is 5.92 Å². The first kappa shape index (κ1) is 18.0. The molecule has 3 N–H and O–H groups in total. The third-order valence-corrected chi connectivity index (χ3v) is 3.99. The van der Waals surface area contributed by atoms with Crippen LogP contribution in [0.1, 0.15) is 38.3 Å². The van der Waals surface area contributed by atoms with Gasteiger partial charge in [0.2, 0.25) is 0 Å². The molecule has 0 aromatic heterocycles. The number of hydrogen-bond acceptors (Lipinski definition) is 5. The van der Waals surface area contributed by atoms with Crippen LogP contribution in [-0.4, -0.2) is 45.1 Å². The van der Waals surface area contributed by atoms with Crippen molar-refractivity contribution in [3.63, 3.8) is 0 Å². The fourth-order valence-corrected chi connectivity index (χ4v) is 2.93. The van der Waals surface area contributed by atoms with Gasteiger partial charge >= 0.3 is 0 Å². The van der Waals surface area contributed by atoms with E-state index in [1.54, 1.807) is 18.2 Å². The molecular weight excluding hydrogens is 310 g/mol. The van der Waals surface area contributed by atoms with Gasteiger partial charge in [0.1, 0.15) is 5.75 Å². The molecule has 6 nitrogen and oxygen atoms in total. The first-order valence-corrected chi connectivity index (χ1v) is 8.04. The number of nitrogens with zero attached hydrogens (tertiary/aromatic N) is 1. The Morgan fingerprint density at radius 1 is 1.25 bits per heavy atom. The maximum atomic E-state index is 12.6. The van der Waals surface area contributed by atoms with Crippen molar-refractivity contribution in [2.24, 2.45) is 5.92 Å². The van der Waals surface area contributed by atoms with E-state index in [1.807, 2.05) is 13.8 Å². The van der Waals surface area contributed by atoms with E-state index in [1.165, 1.54) is 11.0 Å². The van der Waals surface area contributed by atoms with Gasteiger partial charge in [0.15, 0.2) is 11.5 Å². The molecule has 1 aliphatic rings. The molecule has 2 rings (SSSR count). The van der Waals surface area contributed by atoms with Crippen molar-refractivity contribution < 1.29 is 24.9 Å². The third-order valence-electron chi connectivity index (χ3n) is 3.99. The number of rotatable bonds is 7. The van der Waals surface area contributed by atoms with Gasteiger partial charge in [-0.05, 0) is 18.4 Å². The van der Waals surface area contributed by atoms with E-state index >= 15 is 0 Å². The largest absolute Gasteiger partial charge is 0.508 e. The topological polar surface area (TPSA) is 98.1 Å². The molecule has 0 saturated heterocycles. The minimum Gasteiger partial charge on any atom is -0.508 e. The molecule has 24 heavy (non-hydrogen) atoms. The Labute approximate surface area is 141 Å². The van der Waals surface area contributed by atoms with E-state index in [-0.39, 0.29) is 42.6 Å². The number of aliphatic hydroxyl groups is 2. The van der Waals surface area contributed by atoms with E-state index < -0.39 is 17.7 Å². The van der Waals surface area contributed by atoms with Gasteiger partial charge in [-0.15, -0.1) is 0 Å². The number of hydrogen-bond donors (Lipinski definition) is 3. The molecule has 1 aliphatic heterocycles. The second-order valence-corrected chi connectivity index (χ2v) is 6.32. The number of aromatic hydroxyl groups is 1. The molecule has 1 heterocycles. The smallest absolute Gasteiger partial charge is 0.290 e. The molecular formula is C18H23NO5. The number of Topliss-reactive ketones (excluding diaryl/α,β-unsaturated/α-hetero) is 1. The molecule has 0 bridgehead atoms. The Balaban J connectivity index is 2.50. The lowest BCUT2D eigenvalue weighted by Crippen LogP contribution is -2.32. The molecule has 1 unspecified atom stereocenters. The molecule has 130 valence electrons. The Kier molecular flexibility index (Phi) is 5.62. The first-order valence-electron chi connectivity index (χ1n) is 8.04. The Morgan fingerprint density at radius 2 is 1.92 bits per heavy atom. The quantitative estimate of drug-likeness (QED) is 0.710. The lowest BCUT2D eigenvalue weighted by atomic mass is 9.91. The van der Waals surface area contributed by atoms with Gasteiger partial charge in [-0.25, -0.2) is 0 Å². The number of phenols is 1. The van der Waals surface area contributed by atoms with Crippen molar-refractivity contribution in [1.29, 1.82) is 0 Å². The highest BCUT2D eigenvalue weighted by Crippen LogP contribution is 2.41. The number of ketones is 1. The summed E-state index contributed by atoms with van der Waals surface area (Å²) < 4.78 is 0. The molecule has 0 aliphatic carbocycles.